The van der Waals surface area contributed by atoms with Gasteiger partial charge in [-0.2, -0.15) is 0 Å². The van der Waals surface area contributed by atoms with Crippen molar-refractivity contribution in [2.24, 2.45) is 0 Å². The van der Waals surface area contributed by atoms with Crippen LogP contribution < -0.4 is 5.73 Å². The Bertz CT molecular complexity index is 861. The number of rotatable bonds is 2. The van der Waals surface area contributed by atoms with E-state index in [2.05, 4.69) is 29.2 Å². The Hall–Kier alpha value is -2.46. The first-order valence-corrected chi connectivity index (χ1v) is 7.83. The van der Waals surface area contributed by atoms with Gasteiger partial charge in [0.2, 0.25) is 0 Å². The van der Waals surface area contributed by atoms with Crippen molar-refractivity contribution in [3.63, 3.8) is 0 Å². The Morgan fingerprint density at radius 2 is 1.96 bits per heavy atom. The average Bonchev–Trinajstić information content (AvgIpc) is 2.57. The summed E-state index contributed by atoms with van der Waals surface area (Å²) in [4.78, 5) is 7.10. The molecular weight excluding hydrogens is 289 g/mol. The zero-order valence-corrected chi connectivity index (χ0v) is 12.8. The Morgan fingerprint density at radius 3 is 2.78 bits per heavy atom. The Balaban J connectivity index is 1.67. The molecule has 0 saturated carbocycles. The zero-order chi connectivity index (χ0) is 15.8. The maximum absolute atomic E-state index is 13.5. The van der Waals surface area contributed by atoms with Crippen LogP contribution in [-0.4, -0.2) is 16.4 Å². The van der Waals surface area contributed by atoms with Crippen LogP contribution in [0.4, 0.5) is 10.1 Å². The second kappa shape index (κ2) is 5.63. The van der Waals surface area contributed by atoms with Crippen molar-refractivity contribution >= 4 is 16.6 Å². The lowest BCUT2D eigenvalue weighted by Gasteiger charge is -2.29. The smallest absolute Gasteiger partial charge is 0.124 e. The average molecular weight is 307 g/mol. The number of pyridine rings is 1. The maximum atomic E-state index is 13.5. The van der Waals surface area contributed by atoms with Crippen LogP contribution in [0.25, 0.3) is 10.9 Å². The molecule has 0 aliphatic carbocycles. The van der Waals surface area contributed by atoms with Crippen LogP contribution >= 0.6 is 0 Å². The summed E-state index contributed by atoms with van der Waals surface area (Å²) in [5.74, 6) is -0.271. The first kappa shape index (κ1) is 14.2. The van der Waals surface area contributed by atoms with Crippen molar-refractivity contribution in [3.05, 3.63) is 71.2 Å². The summed E-state index contributed by atoms with van der Waals surface area (Å²) in [5, 5.41) is 0.722. The van der Waals surface area contributed by atoms with Crippen molar-refractivity contribution in [1.82, 2.24) is 9.88 Å². The molecule has 4 rings (SSSR count). The third-order valence-electron chi connectivity index (χ3n) is 4.48. The van der Waals surface area contributed by atoms with Crippen LogP contribution in [-0.2, 0) is 19.5 Å². The number of aromatic nitrogens is 1. The number of nitrogens with two attached hydrogens (primary N) is 1. The number of fused-ring (bicyclic) bond motifs is 2. The number of anilines is 1. The van der Waals surface area contributed by atoms with E-state index >= 15 is 0 Å². The Morgan fingerprint density at radius 1 is 1.13 bits per heavy atom. The molecule has 0 unspecified atom stereocenters. The van der Waals surface area contributed by atoms with Crippen molar-refractivity contribution in [1.29, 1.82) is 0 Å². The number of hydrogen-bond acceptors (Lipinski definition) is 3. The van der Waals surface area contributed by atoms with Crippen molar-refractivity contribution in [2.75, 3.05) is 12.3 Å². The number of halogens is 1. The molecule has 0 radical (unpaired) electrons. The molecule has 2 heterocycles. The second-order valence-electron chi connectivity index (χ2n) is 6.06. The van der Waals surface area contributed by atoms with Gasteiger partial charge in [-0.1, -0.05) is 30.3 Å². The first-order chi connectivity index (χ1) is 11.2. The first-order valence-electron chi connectivity index (χ1n) is 7.83. The maximum Gasteiger partial charge on any atom is 0.124 e. The van der Waals surface area contributed by atoms with Gasteiger partial charge in [0.15, 0.2) is 0 Å². The summed E-state index contributed by atoms with van der Waals surface area (Å²) in [5.41, 5.74) is 11.1. The lowest BCUT2D eigenvalue weighted by Crippen LogP contribution is -2.31. The van der Waals surface area contributed by atoms with Crippen molar-refractivity contribution in [2.45, 2.75) is 19.5 Å². The number of benzene rings is 2. The summed E-state index contributed by atoms with van der Waals surface area (Å²) in [6.07, 6.45) is 0.855. The van der Waals surface area contributed by atoms with Crippen LogP contribution in [0.5, 0.6) is 0 Å². The molecule has 2 N–H and O–H groups in total. The van der Waals surface area contributed by atoms with Crippen LogP contribution in [0, 0.1) is 5.82 Å². The summed E-state index contributed by atoms with van der Waals surface area (Å²) in [7, 11) is 0. The number of hydrogen-bond donors (Lipinski definition) is 1. The minimum absolute atomic E-state index is 0.271. The van der Waals surface area contributed by atoms with Crippen molar-refractivity contribution < 1.29 is 4.39 Å². The fourth-order valence-corrected chi connectivity index (χ4v) is 3.30. The van der Waals surface area contributed by atoms with E-state index in [1.165, 1.54) is 17.7 Å². The van der Waals surface area contributed by atoms with Gasteiger partial charge in [-0.15, -0.1) is 0 Å². The molecule has 2 aromatic carbocycles. The van der Waals surface area contributed by atoms with E-state index < -0.39 is 0 Å². The SMILES string of the molecule is Nc1c2c(nc3ccc(F)cc13)CN(Cc1ccccc1)CC2. The van der Waals surface area contributed by atoms with Gasteiger partial charge >= 0.3 is 0 Å². The van der Waals surface area contributed by atoms with Crippen LogP contribution in [0.15, 0.2) is 48.5 Å². The molecule has 0 fully saturated rings. The molecule has 1 aliphatic heterocycles. The van der Waals surface area contributed by atoms with Gasteiger partial charge in [-0.3, -0.25) is 9.88 Å². The summed E-state index contributed by atoms with van der Waals surface area (Å²) in [6, 6.07) is 15.1. The van der Waals surface area contributed by atoms with Gasteiger partial charge < -0.3 is 5.73 Å². The lowest BCUT2D eigenvalue weighted by atomic mass is 9.99. The molecule has 3 aromatic rings. The molecule has 0 atom stereocenters. The molecule has 3 nitrogen and oxygen atoms in total. The topological polar surface area (TPSA) is 42.1 Å². The highest BCUT2D eigenvalue weighted by Gasteiger charge is 2.21. The van der Waals surface area contributed by atoms with Crippen LogP contribution in [0.2, 0.25) is 0 Å². The second-order valence-corrected chi connectivity index (χ2v) is 6.06. The molecular formula is C19H18FN3. The Labute approximate surface area is 134 Å². The molecule has 0 saturated heterocycles. The van der Waals surface area contributed by atoms with E-state index in [4.69, 9.17) is 10.7 Å². The zero-order valence-electron chi connectivity index (χ0n) is 12.8. The molecule has 23 heavy (non-hydrogen) atoms. The van der Waals surface area contributed by atoms with E-state index in [1.54, 1.807) is 6.07 Å². The normalized spacial score (nSPS) is 14.8. The highest BCUT2D eigenvalue weighted by molar-refractivity contribution is 5.92. The molecule has 1 aromatic heterocycles. The fraction of sp³-hybridized carbons (Fsp3) is 0.211. The summed E-state index contributed by atoms with van der Waals surface area (Å²) >= 11 is 0. The highest BCUT2D eigenvalue weighted by Crippen LogP contribution is 2.30. The van der Waals surface area contributed by atoms with E-state index in [0.717, 1.165) is 48.2 Å². The van der Waals surface area contributed by atoms with Crippen LogP contribution in [0.3, 0.4) is 0 Å². The predicted molar refractivity (Wildman–Crippen MR) is 90.4 cm³/mol. The van der Waals surface area contributed by atoms with Gasteiger partial charge in [0.1, 0.15) is 5.82 Å². The molecule has 4 heteroatoms. The molecule has 0 bridgehead atoms. The van der Waals surface area contributed by atoms with Gasteiger partial charge in [0.25, 0.3) is 0 Å². The largest absolute Gasteiger partial charge is 0.398 e. The van der Waals surface area contributed by atoms with E-state index in [1.807, 2.05) is 6.07 Å². The number of nitrogens with zero attached hydrogens (tertiary/aromatic N) is 2. The lowest BCUT2D eigenvalue weighted by molar-refractivity contribution is 0.242. The van der Waals surface area contributed by atoms with Crippen LogP contribution in [0.1, 0.15) is 16.8 Å². The third-order valence-corrected chi connectivity index (χ3v) is 4.48. The standard InChI is InChI=1S/C19H18FN3/c20-14-6-7-17-16(10-14)19(21)15-8-9-23(12-18(15)22-17)11-13-4-2-1-3-5-13/h1-7,10H,8-9,11-12H2,(H2,21,22). The third kappa shape index (κ3) is 2.66. The summed E-state index contributed by atoms with van der Waals surface area (Å²) < 4.78 is 13.5. The molecule has 0 amide bonds. The van der Waals surface area contributed by atoms with Gasteiger partial charge in [-0.05, 0) is 35.7 Å². The van der Waals surface area contributed by atoms with Gasteiger partial charge in [0.05, 0.1) is 11.2 Å². The quantitative estimate of drug-likeness (QED) is 0.788. The summed E-state index contributed by atoms with van der Waals surface area (Å²) in [6.45, 7) is 2.62. The minimum Gasteiger partial charge on any atom is -0.398 e. The minimum atomic E-state index is -0.271. The van der Waals surface area contributed by atoms with Gasteiger partial charge in [0, 0.05) is 30.7 Å². The fourth-order valence-electron chi connectivity index (χ4n) is 3.30. The Kier molecular flexibility index (Phi) is 3.46. The van der Waals surface area contributed by atoms with Gasteiger partial charge in [-0.25, -0.2) is 4.39 Å². The number of nitrogen functional groups attached to an aromatic ring is 1. The van der Waals surface area contributed by atoms with E-state index in [9.17, 15) is 4.39 Å². The monoisotopic (exact) mass is 307 g/mol. The molecule has 116 valence electrons. The van der Waals surface area contributed by atoms with E-state index in [-0.39, 0.29) is 5.82 Å². The van der Waals surface area contributed by atoms with E-state index in [0.29, 0.717) is 5.69 Å². The molecule has 1 aliphatic rings. The van der Waals surface area contributed by atoms with Crippen molar-refractivity contribution in [3.8, 4) is 0 Å². The predicted octanol–water partition coefficient (Wildman–Crippen LogP) is 3.51. The molecule has 0 spiro atoms. The highest BCUT2D eigenvalue weighted by atomic mass is 19.1.